The van der Waals surface area contributed by atoms with Gasteiger partial charge in [0.2, 0.25) is 5.91 Å². The summed E-state index contributed by atoms with van der Waals surface area (Å²) >= 11 is 0. The summed E-state index contributed by atoms with van der Waals surface area (Å²) in [5.74, 6) is 0.599. The number of likely N-dealkylation sites (N-methyl/N-ethyl adjacent to an activating group) is 1. The number of nitrogens with zero attached hydrogens (tertiary/aromatic N) is 2. The van der Waals surface area contributed by atoms with Crippen LogP contribution in [0.3, 0.4) is 0 Å². The second-order valence-corrected chi connectivity index (χ2v) is 6.52. The van der Waals surface area contributed by atoms with Gasteiger partial charge in [-0.15, -0.1) is 0 Å². The number of aliphatic hydroxyl groups is 1. The fourth-order valence-corrected chi connectivity index (χ4v) is 2.03. The summed E-state index contributed by atoms with van der Waals surface area (Å²) < 4.78 is 0. The molecule has 0 radical (unpaired) electrons. The Kier molecular flexibility index (Phi) is 6.86. The number of rotatable bonds is 7. The molecular formula is C14H30N2O2. The topological polar surface area (TPSA) is 43.8 Å². The third-order valence-electron chi connectivity index (χ3n) is 2.57. The summed E-state index contributed by atoms with van der Waals surface area (Å²) in [6, 6.07) is 0.218. The second kappa shape index (κ2) is 7.10. The number of carbonyl (C=O) groups is 1. The average Bonchev–Trinajstić information content (AvgIpc) is 2.09. The molecule has 4 nitrogen and oxygen atoms in total. The first-order valence-corrected chi connectivity index (χ1v) is 6.73. The van der Waals surface area contributed by atoms with Crippen molar-refractivity contribution in [1.29, 1.82) is 0 Å². The van der Waals surface area contributed by atoms with Gasteiger partial charge in [-0.2, -0.15) is 0 Å². The van der Waals surface area contributed by atoms with Crippen molar-refractivity contribution >= 4 is 5.91 Å². The van der Waals surface area contributed by atoms with Crippen LogP contribution in [0.15, 0.2) is 0 Å². The van der Waals surface area contributed by atoms with Gasteiger partial charge in [0, 0.05) is 19.1 Å². The van der Waals surface area contributed by atoms with Crippen LogP contribution in [0.5, 0.6) is 0 Å². The predicted molar refractivity (Wildman–Crippen MR) is 75.5 cm³/mol. The highest BCUT2D eigenvalue weighted by molar-refractivity contribution is 5.78. The fourth-order valence-electron chi connectivity index (χ4n) is 2.03. The van der Waals surface area contributed by atoms with E-state index in [1.807, 2.05) is 30.7 Å². The second-order valence-electron chi connectivity index (χ2n) is 6.52. The van der Waals surface area contributed by atoms with Crippen molar-refractivity contribution in [3.05, 3.63) is 0 Å². The lowest BCUT2D eigenvalue weighted by atomic mass is 10.1. The summed E-state index contributed by atoms with van der Waals surface area (Å²) in [7, 11) is 1.86. The van der Waals surface area contributed by atoms with E-state index in [4.69, 9.17) is 0 Å². The maximum atomic E-state index is 12.2. The van der Waals surface area contributed by atoms with E-state index in [0.29, 0.717) is 19.0 Å². The Morgan fingerprint density at radius 1 is 1.22 bits per heavy atom. The van der Waals surface area contributed by atoms with E-state index >= 15 is 0 Å². The number of carbonyl (C=O) groups excluding carboxylic acids is 1. The monoisotopic (exact) mass is 258 g/mol. The highest BCUT2D eigenvalue weighted by atomic mass is 16.3. The van der Waals surface area contributed by atoms with Crippen molar-refractivity contribution in [1.82, 2.24) is 9.80 Å². The Bertz CT molecular complexity index is 257. The molecular weight excluding hydrogens is 228 g/mol. The van der Waals surface area contributed by atoms with Gasteiger partial charge in [-0.25, -0.2) is 0 Å². The third kappa shape index (κ3) is 7.67. The van der Waals surface area contributed by atoms with E-state index in [2.05, 4.69) is 13.8 Å². The van der Waals surface area contributed by atoms with Crippen LogP contribution in [-0.2, 0) is 4.79 Å². The highest BCUT2D eigenvalue weighted by Gasteiger charge is 2.22. The third-order valence-corrected chi connectivity index (χ3v) is 2.57. The minimum Gasteiger partial charge on any atom is -0.389 e. The molecule has 18 heavy (non-hydrogen) atoms. The fraction of sp³-hybridized carbons (Fsp3) is 0.929. The molecule has 0 aromatic carbocycles. The Hall–Kier alpha value is -0.610. The first kappa shape index (κ1) is 17.4. The molecule has 1 amide bonds. The molecule has 0 unspecified atom stereocenters. The molecule has 0 rings (SSSR count). The lowest BCUT2D eigenvalue weighted by Gasteiger charge is -2.31. The van der Waals surface area contributed by atoms with Crippen molar-refractivity contribution in [3.8, 4) is 0 Å². The minimum absolute atomic E-state index is 0.130. The molecule has 0 fully saturated rings. The molecule has 0 saturated heterocycles. The predicted octanol–water partition coefficient (Wildman–Crippen LogP) is 1.58. The Morgan fingerprint density at radius 3 is 2.06 bits per heavy atom. The van der Waals surface area contributed by atoms with Gasteiger partial charge < -0.3 is 10.0 Å². The highest BCUT2D eigenvalue weighted by Crippen LogP contribution is 2.07. The van der Waals surface area contributed by atoms with Crippen molar-refractivity contribution < 1.29 is 9.90 Å². The van der Waals surface area contributed by atoms with Crippen LogP contribution in [0.1, 0.15) is 41.5 Å². The summed E-state index contributed by atoms with van der Waals surface area (Å²) in [6.07, 6.45) is 0. The van der Waals surface area contributed by atoms with E-state index in [1.165, 1.54) is 0 Å². The SMILES string of the molecule is CC(C)CN(C(=O)CN(C)CC(C)(C)O)C(C)C. The lowest BCUT2D eigenvalue weighted by molar-refractivity contribution is -0.134. The first-order chi connectivity index (χ1) is 8.03. The summed E-state index contributed by atoms with van der Waals surface area (Å²) in [4.78, 5) is 16.0. The molecule has 0 aromatic heterocycles. The van der Waals surface area contributed by atoms with E-state index in [0.717, 1.165) is 6.54 Å². The summed E-state index contributed by atoms with van der Waals surface area (Å²) in [6.45, 7) is 13.4. The molecule has 0 aliphatic carbocycles. The van der Waals surface area contributed by atoms with E-state index in [9.17, 15) is 9.90 Å². The van der Waals surface area contributed by atoms with Gasteiger partial charge in [-0.3, -0.25) is 9.69 Å². The van der Waals surface area contributed by atoms with Crippen molar-refractivity contribution in [2.45, 2.75) is 53.2 Å². The van der Waals surface area contributed by atoms with Crippen LogP contribution in [0, 0.1) is 5.92 Å². The van der Waals surface area contributed by atoms with Crippen LogP contribution in [-0.4, -0.2) is 59.1 Å². The molecule has 0 atom stereocenters. The molecule has 0 saturated carbocycles. The van der Waals surface area contributed by atoms with Crippen LogP contribution in [0.4, 0.5) is 0 Å². The van der Waals surface area contributed by atoms with Crippen LogP contribution in [0.25, 0.3) is 0 Å². The van der Waals surface area contributed by atoms with Crippen molar-refractivity contribution in [2.24, 2.45) is 5.92 Å². The number of hydrogen-bond acceptors (Lipinski definition) is 3. The molecule has 4 heteroatoms. The van der Waals surface area contributed by atoms with Gasteiger partial charge in [-0.05, 0) is 40.7 Å². The normalized spacial score (nSPS) is 12.6. The quantitative estimate of drug-likeness (QED) is 0.754. The smallest absolute Gasteiger partial charge is 0.236 e. The molecule has 1 N–H and O–H groups in total. The molecule has 0 spiro atoms. The van der Waals surface area contributed by atoms with Gasteiger partial charge >= 0.3 is 0 Å². The zero-order valence-electron chi connectivity index (χ0n) is 13.0. The summed E-state index contributed by atoms with van der Waals surface area (Å²) in [5.41, 5.74) is -0.768. The molecule has 0 aromatic rings. The molecule has 0 bridgehead atoms. The van der Waals surface area contributed by atoms with Crippen LogP contribution >= 0.6 is 0 Å². The van der Waals surface area contributed by atoms with Crippen molar-refractivity contribution in [3.63, 3.8) is 0 Å². The molecule has 0 aliphatic heterocycles. The van der Waals surface area contributed by atoms with E-state index in [1.54, 1.807) is 13.8 Å². The number of hydrogen-bond donors (Lipinski definition) is 1. The Labute approximate surface area is 112 Å². The maximum absolute atomic E-state index is 12.2. The van der Waals surface area contributed by atoms with E-state index < -0.39 is 5.60 Å². The molecule has 108 valence electrons. The summed E-state index contributed by atoms with van der Waals surface area (Å²) in [5, 5.41) is 9.73. The Morgan fingerprint density at radius 2 is 1.72 bits per heavy atom. The minimum atomic E-state index is -0.768. The zero-order valence-corrected chi connectivity index (χ0v) is 13.0. The van der Waals surface area contributed by atoms with Gasteiger partial charge in [-0.1, -0.05) is 13.8 Å². The largest absolute Gasteiger partial charge is 0.389 e. The van der Waals surface area contributed by atoms with Crippen molar-refractivity contribution in [2.75, 3.05) is 26.7 Å². The average molecular weight is 258 g/mol. The molecule has 0 heterocycles. The van der Waals surface area contributed by atoms with Gasteiger partial charge in [0.05, 0.1) is 12.1 Å². The van der Waals surface area contributed by atoms with Crippen LogP contribution in [0.2, 0.25) is 0 Å². The Balaban J connectivity index is 4.42. The first-order valence-electron chi connectivity index (χ1n) is 6.73. The van der Waals surface area contributed by atoms with Gasteiger partial charge in [0.15, 0.2) is 0 Å². The maximum Gasteiger partial charge on any atom is 0.236 e. The lowest BCUT2D eigenvalue weighted by Crippen LogP contribution is -2.47. The van der Waals surface area contributed by atoms with Gasteiger partial charge in [0.1, 0.15) is 0 Å². The molecule has 0 aliphatic rings. The van der Waals surface area contributed by atoms with Gasteiger partial charge in [0.25, 0.3) is 0 Å². The standard InChI is InChI=1S/C14H30N2O2/c1-11(2)8-16(12(3)4)13(17)9-15(7)10-14(5,6)18/h11-12,18H,8-10H2,1-7H3. The zero-order chi connectivity index (χ0) is 14.5. The van der Waals surface area contributed by atoms with Crippen LogP contribution < -0.4 is 0 Å². The number of amides is 1. The van der Waals surface area contributed by atoms with E-state index in [-0.39, 0.29) is 11.9 Å².